The van der Waals surface area contributed by atoms with Crippen molar-refractivity contribution in [1.29, 1.82) is 0 Å². The van der Waals surface area contributed by atoms with Crippen LogP contribution < -0.4 is 23.7 Å². The van der Waals surface area contributed by atoms with E-state index in [1.807, 2.05) is 32.9 Å². The second kappa shape index (κ2) is 21.3. The minimum atomic E-state index is -1.68. The minimum absolute atomic E-state index is 0.000914. The van der Waals surface area contributed by atoms with E-state index in [-0.39, 0.29) is 74.3 Å². The predicted octanol–water partition coefficient (Wildman–Crippen LogP) is 10.2. The van der Waals surface area contributed by atoms with Crippen LogP contribution >= 0.6 is 0 Å². The monoisotopic (exact) mass is 962 g/mol. The van der Waals surface area contributed by atoms with Crippen molar-refractivity contribution >= 4 is 23.2 Å². The number of fused-ring (bicyclic) bond motifs is 3. The number of benzene rings is 4. The number of hydrogen-bond donors (Lipinski definition) is 2. The van der Waals surface area contributed by atoms with Gasteiger partial charge in [0.15, 0.2) is 11.5 Å². The summed E-state index contributed by atoms with van der Waals surface area (Å²) < 4.78 is 38.3. The van der Waals surface area contributed by atoms with E-state index in [9.17, 15) is 30.4 Å². The van der Waals surface area contributed by atoms with Crippen molar-refractivity contribution in [3.05, 3.63) is 141 Å². The number of hydrogen-bond acceptors (Lipinski definition) is 15. The molecule has 8 rings (SSSR count). The Morgan fingerprint density at radius 2 is 1.57 bits per heavy atom. The highest BCUT2D eigenvalue weighted by Crippen LogP contribution is 2.62. The second-order valence-corrected chi connectivity index (χ2v) is 18.8. The standard InChI is InChI=1S/C52H58N4O14/c1-5-25-66-52-47(54(31-33-15-21-45-46(26-33)65-32-64-45)50(59)68-37-18-16-35(17-19-37)55(60)61)30-43(53-70-51(2,3)4)41-27-34(11-6-8-23-57)40(14-7-9-24-58)48(49(41)52)42-29-39(20-22-44(42)69-52)67-38-13-10-12-36(28-38)56(62)63/h5,10,12-13,15-22,26-29,34,40,47-49,57-58H,1,6-9,11,14,23-25,30-32H2,2-4H3. The molecule has 0 spiro atoms. The summed E-state index contributed by atoms with van der Waals surface area (Å²) in [6.45, 7) is 9.66. The number of rotatable bonds is 20. The molecule has 2 aliphatic heterocycles. The van der Waals surface area contributed by atoms with E-state index in [0.717, 1.165) is 17.6 Å². The number of aliphatic hydroxyl groups is 2. The molecule has 70 heavy (non-hydrogen) atoms. The molecule has 6 atom stereocenters. The molecule has 2 N–H and O–H groups in total. The summed E-state index contributed by atoms with van der Waals surface area (Å²) in [6, 6.07) is 20.9. The number of aliphatic hydroxyl groups excluding tert-OH is 2. The highest BCUT2D eigenvalue weighted by Gasteiger charge is 2.66. The van der Waals surface area contributed by atoms with Crippen LogP contribution in [0.2, 0.25) is 0 Å². The summed E-state index contributed by atoms with van der Waals surface area (Å²) in [5, 5.41) is 48.2. The first-order valence-electron chi connectivity index (χ1n) is 23.5. The van der Waals surface area contributed by atoms with Crippen molar-refractivity contribution < 1.29 is 58.1 Å². The Morgan fingerprint density at radius 1 is 0.871 bits per heavy atom. The third kappa shape index (κ3) is 10.7. The van der Waals surface area contributed by atoms with E-state index in [4.69, 9.17) is 38.4 Å². The molecule has 2 aliphatic carbocycles. The van der Waals surface area contributed by atoms with Crippen LogP contribution in [-0.2, 0) is 16.1 Å². The normalized spacial score (nSPS) is 22.4. The lowest BCUT2D eigenvalue weighted by molar-refractivity contribution is -0.385. The molecule has 4 aromatic rings. The van der Waals surface area contributed by atoms with Crippen molar-refractivity contribution in [2.24, 2.45) is 22.9 Å². The molecular formula is C52H58N4O14. The fourth-order valence-corrected chi connectivity index (χ4v) is 10.0. The second-order valence-electron chi connectivity index (χ2n) is 18.8. The largest absolute Gasteiger partial charge is 0.459 e. The quantitative estimate of drug-likeness (QED) is 0.0364. The highest BCUT2D eigenvalue weighted by molar-refractivity contribution is 6.03. The van der Waals surface area contributed by atoms with Gasteiger partial charge in [-0.2, -0.15) is 0 Å². The third-order valence-corrected chi connectivity index (χ3v) is 13.0. The number of carbonyl (C=O) groups excluding carboxylic acids is 1. The number of amides is 1. The molecule has 0 saturated heterocycles. The molecule has 2 heterocycles. The van der Waals surface area contributed by atoms with Gasteiger partial charge < -0.3 is 43.5 Å². The number of nitro benzene ring substituents is 2. The van der Waals surface area contributed by atoms with E-state index in [1.165, 1.54) is 41.3 Å². The van der Waals surface area contributed by atoms with Gasteiger partial charge in [0.2, 0.25) is 12.6 Å². The van der Waals surface area contributed by atoms with Crippen molar-refractivity contribution in [3.63, 3.8) is 0 Å². The van der Waals surface area contributed by atoms with Gasteiger partial charge in [-0.1, -0.05) is 42.3 Å². The van der Waals surface area contributed by atoms with E-state index in [2.05, 4.69) is 12.7 Å². The van der Waals surface area contributed by atoms with Gasteiger partial charge in [-0.05, 0) is 118 Å². The number of nitro groups is 2. The lowest BCUT2D eigenvalue weighted by atomic mass is 9.55. The molecule has 0 bridgehead atoms. The van der Waals surface area contributed by atoms with Crippen molar-refractivity contribution in [1.82, 2.24) is 4.90 Å². The van der Waals surface area contributed by atoms with Crippen LogP contribution in [0.15, 0.2) is 114 Å². The SMILES string of the molecule is C=CCOC12Oc3ccc(Oc4cccc([N+](=O)[O-])c4)cc3C3C(CCCCO)C(CCCCO)C=C(C(=NOC(C)(C)C)CC1N(Cc1ccc4c(c1)OCO4)C(=O)Oc1ccc([N+](=O)[O-])cc1)C32. The number of allylic oxidation sites excluding steroid dienone is 1. The summed E-state index contributed by atoms with van der Waals surface area (Å²) in [5.41, 5.74) is 1.72. The van der Waals surface area contributed by atoms with Gasteiger partial charge in [-0.25, -0.2) is 4.79 Å². The number of carbonyl (C=O) groups is 1. The number of non-ortho nitro benzene ring substituents is 2. The van der Waals surface area contributed by atoms with Crippen LogP contribution in [0.25, 0.3) is 0 Å². The van der Waals surface area contributed by atoms with E-state index >= 15 is 4.79 Å². The maximum absolute atomic E-state index is 15.2. The molecule has 1 saturated carbocycles. The van der Waals surface area contributed by atoms with Crippen LogP contribution in [-0.4, -0.2) is 80.8 Å². The Labute approximate surface area is 405 Å². The molecule has 1 amide bonds. The molecule has 6 unspecified atom stereocenters. The molecule has 370 valence electrons. The number of ether oxygens (including phenoxy) is 6. The van der Waals surface area contributed by atoms with Crippen LogP contribution in [0.5, 0.6) is 34.5 Å². The Morgan fingerprint density at radius 3 is 2.29 bits per heavy atom. The predicted molar refractivity (Wildman–Crippen MR) is 256 cm³/mol. The third-order valence-electron chi connectivity index (χ3n) is 13.0. The first-order valence-corrected chi connectivity index (χ1v) is 23.5. The lowest BCUT2D eigenvalue weighted by Gasteiger charge is -2.60. The summed E-state index contributed by atoms with van der Waals surface area (Å²) in [6.07, 6.45) is 7.00. The fraction of sp³-hybridized carbons (Fsp3) is 0.423. The van der Waals surface area contributed by atoms with Gasteiger partial charge in [0, 0.05) is 55.9 Å². The van der Waals surface area contributed by atoms with Crippen LogP contribution in [0.1, 0.15) is 82.8 Å². The van der Waals surface area contributed by atoms with E-state index < -0.39 is 45.2 Å². The first-order chi connectivity index (χ1) is 33.7. The van der Waals surface area contributed by atoms with Gasteiger partial charge in [0.25, 0.3) is 11.4 Å². The molecule has 0 aromatic heterocycles. The van der Waals surface area contributed by atoms with E-state index in [1.54, 1.807) is 42.5 Å². The van der Waals surface area contributed by atoms with Crippen LogP contribution in [0, 0.1) is 38.0 Å². The average molecular weight is 963 g/mol. The topological polar surface area (TPSA) is 224 Å². The van der Waals surface area contributed by atoms with Crippen molar-refractivity contribution in [3.8, 4) is 34.5 Å². The summed E-state index contributed by atoms with van der Waals surface area (Å²) in [7, 11) is 0. The van der Waals surface area contributed by atoms with Crippen LogP contribution in [0.4, 0.5) is 16.2 Å². The highest BCUT2D eigenvalue weighted by atomic mass is 16.7. The first kappa shape index (κ1) is 49.4. The Kier molecular flexibility index (Phi) is 15.0. The summed E-state index contributed by atoms with van der Waals surface area (Å²) in [5.74, 6) is -0.806. The zero-order chi connectivity index (χ0) is 49.6. The average Bonchev–Trinajstić information content (AvgIpc) is 3.81. The van der Waals surface area contributed by atoms with Crippen molar-refractivity contribution in [2.75, 3.05) is 26.6 Å². The number of unbranched alkanes of at least 4 members (excludes halogenated alkanes) is 2. The fourth-order valence-electron chi connectivity index (χ4n) is 10.0. The Hall–Kier alpha value is -7.02. The van der Waals surface area contributed by atoms with E-state index in [0.29, 0.717) is 66.4 Å². The smallest absolute Gasteiger partial charge is 0.416 e. The van der Waals surface area contributed by atoms with Gasteiger partial charge in [-0.3, -0.25) is 25.1 Å². The zero-order valence-corrected chi connectivity index (χ0v) is 39.4. The number of oxime groups is 1. The molecular weight excluding hydrogens is 905 g/mol. The number of nitrogens with zero attached hydrogens (tertiary/aromatic N) is 4. The molecule has 4 aliphatic rings. The summed E-state index contributed by atoms with van der Waals surface area (Å²) in [4.78, 5) is 45.3. The van der Waals surface area contributed by atoms with Crippen LogP contribution in [0.3, 0.4) is 0 Å². The zero-order valence-electron chi connectivity index (χ0n) is 39.4. The lowest BCUT2D eigenvalue weighted by Crippen LogP contribution is -2.70. The molecule has 4 aromatic carbocycles. The van der Waals surface area contributed by atoms with Gasteiger partial charge in [0.1, 0.15) is 34.6 Å². The molecule has 18 nitrogen and oxygen atoms in total. The van der Waals surface area contributed by atoms with Gasteiger partial charge in [-0.15, -0.1) is 6.58 Å². The molecule has 1 fully saturated rings. The summed E-state index contributed by atoms with van der Waals surface area (Å²) >= 11 is 0. The van der Waals surface area contributed by atoms with Gasteiger partial charge in [0.05, 0.1) is 34.1 Å². The minimum Gasteiger partial charge on any atom is -0.459 e. The maximum Gasteiger partial charge on any atom is 0.416 e. The molecule has 0 radical (unpaired) electrons. The van der Waals surface area contributed by atoms with Gasteiger partial charge >= 0.3 is 6.09 Å². The Balaban J connectivity index is 1.35. The van der Waals surface area contributed by atoms with Crippen molar-refractivity contribution in [2.45, 2.75) is 95.6 Å². The Bertz CT molecular complexity index is 2630. The maximum atomic E-state index is 15.2. The molecule has 18 heteroatoms.